The van der Waals surface area contributed by atoms with Gasteiger partial charge in [0.25, 0.3) is 0 Å². The largest absolute Gasteiger partial charge is 0.0628 e. The minimum Gasteiger partial charge on any atom is -0.0628 e. The van der Waals surface area contributed by atoms with Crippen molar-refractivity contribution in [2.45, 2.75) is 53.9 Å². The van der Waals surface area contributed by atoms with Gasteiger partial charge in [0.1, 0.15) is 0 Å². The van der Waals surface area contributed by atoms with Crippen molar-refractivity contribution in [3.8, 4) is 0 Å². The van der Waals surface area contributed by atoms with Crippen LogP contribution in [0.1, 0.15) is 53.9 Å². The first-order chi connectivity index (χ1) is 7.00. The Labute approximate surface area is 95.8 Å². The molecule has 2 aliphatic carbocycles. The van der Waals surface area contributed by atoms with Gasteiger partial charge in [-0.3, -0.25) is 0 Å². The van der Waals surface area contributed by atoms with Crippen LogP contribution in [-0.2, 0) is 0 Å². The SMILES string of the molecule is CC(C)CC1CC(C)C2C(C)CC(C)C12. The fraction of sp³-hybridized carbons (Fsp3) is 1.00. The molecule has 0 spiro atoms. The Morgan fingerprint density at radius 3 is 2.00 bits per heavy atom. The molecule has 0 saturated heterocycles. The monoisotopic (exact) mass is 208 g/mol. The van der Waals surface area contributed by atoms with Crippen LogP contribution < -0.4 is 0 Å². The average Bonchev–Trinajstić information content (AvgIpc) is 2.54. The summed E-state index contributed by atoms with van der Waals surface area (Å²) in [5.41, 5.74) is 0. The molecular weight excluding hydrogens is 180 g/mol. The van der Waals surface area contributed by atoms with Gasteiger partial charge in [-0.2, -0.15) is 0 Å². The van der Waals surface area contributed by atoms with Gasteiger partial charge in [0.05, 0.1) is 0 Å². The fourth-order valence-corrected chi connectivity index (χ4v) is 5.03. The molecule has 0 nitrogen and oxygen atoms in total. The molecule has 0 aromatic carbocycles. The van der Waals surface area contributed by atoms with Crippen molar-refractivity contribution in [1.82, 2.24) is 0 Å². The van der Waals surface area contributed by atoms with Gasteiger partial charge in [0, 0.05) is 0 Å². The molecule has 0 bridgehead atoms. The highest BCUT2D eigenvalue weighted by atomic mass is 14.5. The number of hydrogen-bond donors (Lipinski definition) is 0. The molecule has 2 saturated carbocycles. The molecule has 0 aromatic rings. The Morgan fingerprint density at radius 2 is 1.40 bits per heavy atom. The standard InChI is InChI=1S/C15H28/c1-9(2)6-13-8-12(5)14-10(3)7-11(4)15(13)14/h9-15H,6-8H2,1-5H3. The van der Waals surface area contributed by atoms with Gasteiger partial charge in [-0.1, -0.05) is 34.6 Å². The normalized spacial score (nSPS) is 50.0. The molecule has 2 fully saturated rings. The Kier molecular flexibility index (Phi) is 3.14. The summed E-state index contributed by atoms with van der Waals surface area (Å²) in [6.45, 7) is 12.3. The third-order valence-corrected chi connectivity index (χ3v) is 5.15. The van der Waals surface area contributed by atoms with E-state index in [0.29, 0.717) is 0 Å². The molecule has 0 N–H and O–H groups in total. The van der Waals surface area contributed by atoms with E-state index in [1.807, 2.05) is 0 Å². The predicted molar refractivity (Wildman–Crippen MR) is 66.7 cm³/mol. The predicted octanol–water partition coefficient (Wildman–Crippen LogP) is 4.60. The molecular formula is C15H28. The highest BCUT2D eigenvalue weighted by molar-refractivity contribution is 4.98. The minimum atomic E-state index is 0.893. The lowest BCUT2D eigenvalue weighted by Gasteiger charge is -2.25. The van der Waals surface area contributed by atoms with Crippen LogP contribution in [0.2, 0.25) is 0 Å². The van der Waals surface area contributed by atoms with Crippen LogP contribution in [0.3, 0.4) is 0 Å². The Hall–Kier alpha value is 0. The van der Waals surface area contributed by atoms with Crippen LogP contribution in [-0.4, -0.2) is 0 Å². The second-order valence-corrected chi connectivity index (χ2v) is 6.95. The zero-order valence-electron chi connectivity index (χ0n) is 11.2. The smallest absolute Gasteiger partial charge is 0.0326 e. The van der Waals surface area contributed by atoms with Gasteiger partial charge in [0.2, 0.25) is 0 Å². The Balaban J connectivity index is 2.10. The number of fused-ring (bicyclic) bond motifs is 1. The van der Waals surface area contributed by atoms with Crippen molar-refractivity contribution in [2.75, 3.05) is 0 Å². The molecule has 0 aromatic heterocycles. The van der Waals surface area contributed by atoms with Gasteiger partial charge in [0.15, 0.2) is 0 Å². The van der Waals surface area contributed by atoms with Crippen LogP contribution in [0.15, 0.2) is 0 Å². The van der Waals surface area contributed by atoms with E-state index in [1.165, 1.54) is 19.3 Å². The first kappa shape index (κ1) is 11.5. The van der Waals surface area contributed by atoms with Crippen molar-refractivity contribution >= 4 is 0 Å². The summed E-state index contributed by atoms with van der Waals surface area (Å²) in [4.78, 5) is 0. The molecule has 6 atom stereocenters. The molecule has 88 valence electrons. The molecule has 2 rings (SSSR count). The van der Waals surface area contributed by atoms with Crippen LogP contribution >= 0.6 is 0 Å². The summed E-state index contributed by atoms with van der Waals surface area (Å²) in [6, 6.07) is 0. The zero-order chi connectivity index (χ0) is 11.2. The molecule has 0 radical (unpaired) electrons. The third-order valence-electron chi connectivity index (χ3n) is 5.15. The lowest BCUT2D eigenvalue weighted by Crippen LogP contribution is -2.18. The van der Waals surface area contributed by atoms with Gasteiger partial charge in [-0.25, -0.2) is 0 Å². The zero-order valence-corrected chi connectivity index (χ0v) is 11.2. The Morgan fingerprint density at radius 1 is 0.867 bits per heavy atom. The van der Waals surface area contributed by atoms with E-state index in [4.69, 9.17) is 0 Å². The highest BCUT2D eigenvalue weighted by Crippen LogP contribution is 2.57. The quantitative estimate of drug-likeness (QED) is 0.622. The molecule has 0 heterocycles. The molecule has 6 unspecified atom stereocenters. The maximum absolute atomic E-state index is 2.51. The van der Waals surface area contributed by atoms with E-state index >= 15 is 0 Å². The summed E-state index contributed by atoms with van der Waals surface area (Å²) in [5, 5.41) is 0. The van der Waals surface area contributed by atoms with Crippen LogP contribution in [0.5, 0.6) is 0 Å². The van der Waals surface area contributed by atoms with Crippen molar-refractivity contribution in [2.24, 2.45) is 41.4 Å². The fourth-order valence-electron chi connectivity index (χ4n) is 5.03. The van der Waals surface area contributed by atoms with Crippen LogP contribution in [0.25, 0.3) is 0 Å². The topological polar surface area (TPSA) is 0 Å². The van der Waals surface area contributed by atoms with Crippen molar-refractivity contribution < 1.29 is 0 Å². The molecule has 0 amide bonds. The molecule has 0 aliphatic heterocycles. The molecule has 0 heteroatoms. The summed E-state index contributed by atoms with van der Waals surface area (Å²) >= 11 is 0. The maximum Gasteiger partial charge on any atom is -0.0326 e. The first-order valence-corrected chi connectivity index (χ1v) is 7.00. The van der Waals surface area contributed by atoms with Crippen LogP contribution in [0, 0.1) is 41.4 Å². The molecule has 2 aliphatic rings. The van der Waals surface area contributed by atoms with E-state index in [2.05, 4.69) is 34.6 Å². The van der Waals surface area contributed by atoms with Gasteiger partial charge < -0.3 is 0 Å². The van der Waals surface area contributed by atoms with E-state index in [0.717, 1.165) is 41.4 Å². The summed E-state index contributed by atoms with van der Waals surface area (Å²) < 4.78 is 0. The van der Waals surface area contributed by atoms with E-state index in [9.17, 15) is 0 Å². The summed E-state index contributed by atoms with van der Waals surface area (Å²) in [5.74, 6) is 7.06. The van der Waals surface area contributed by atoms with Crippen molar-refractivity contribution in [3.63, 3.8) is 0 Å². The van der Waals surface area contributed by atoms with Gasteiger partial charge in [-0.05, 0) is 60.7 Å². The van der Waals surface area contributed by atoms with E-state index in [1.54, 1.807) is 0 Å². The maximum atomic E-state index is 2.51. The number of hydrogen-bond acceptors (Lipinski definition) is 0. The lowest BCUT2D eigenvalue weighted by molar-refractivity contribution is 0.238. The average molecular weight is 208 g/mol. The summed E-state index contributed by atoms with van der Waals surface area (Å²) in [7, 11) is 0. The molecule has 15 heavy (non-hydrogen) atoms. The third kappa shape index (κ3) is 1.97. The van der Waals surface area contributed by atoms with Gasteiger partial charge in [-0.15, -0.1) is 0 Å². The highest BCUT2D eigenvalue weighted by Gasteiger charge is 2.50. The number of rotatable bonds is 2. The van der Waals surface area contributed by atoms with Crippen LogP contribution in [0.4, 0.5) is 0 Å². The van der Waals surface area contributed by atoms with E-state index in [-0.39, 0.29) is 0 Å². The second kappa shape index (κ2) is 4.11. The lowest BCUT2D eigenvalue weighted by atomic mass is 9.81. The minimum absolute atomic E-state index is 0.893. The Bertz CT molecular complexity index is 218. The van der Waals surface area contributed by atoms with Crippen molar-refractivity contribution in [1.29, 1.82) is 0 Å². The van der Waals surface area contributed by atoms with Gasteiger partial charge >= 0.3 is 0 Å². The van der Waals surface area contributed by atoms with Crippen molar-refractivity contribution in [3.05, 3.63) is 0 Å². The first-order valence-electron chi connectivity index (χ1n) is 7.00. The summed E-state index contributed by atoms with van der Waals surface area (Å²) in [6.07, 6.45) is 4.49. The second-order valence-electron chi connectivity index (χ2n) is 6.95. The van der Waals surface area contributed by atoms with E-state index < -0.39 is 0 Å².